The molecule has 0 saturated carbocycles. The molecule has 2 aromatic rings. The maximum atomic E-state index is 13.1. The van der Waals surface area contributed by atoms with Crippen LogP contribution in [0.15, 0.2) is 54.6 Å². The first-order chi connectivity index (χ1) is 14.9. The van der Waals surface area contributed by atoms with Crippen LogP contribution in [-0.4, -0.2) is 71.8 Å². The van der Waals surface area contributed by atoms with Crippen molar-refractivity contribution < 1.29 is 18.8 Å². The van der Waals surface area contributed by atoms with E-state index in [1.807, 2.05) is 30.3 Å². The first-order valence-corrected chi connectivity index (χ1v) is 10.4. The predicted molar refractivity (Wildman–Crippen MR) is 113 cm³/mol. The van der Waals surface area contributed by atoms with Crippen molar-refractivity contribution >= 4 is 17.8 Å². The Morgan fingerprint density at radius 1 is 0.968 bits per heavy atom. The standard InChI is InChI=1S/C23H25FN4O3/c1-23(18-5-3-2-4-6-18)21(30)28(22(31)25-23)16-13-26-11-14-27(15-12-26)20(29)17-7-9-19(24)10-8-17/h2-10H,11-16H2,1H3,(H,25,31). The van der Waals surface area contributed by atoms with E-state index >= 15 is 0 Å². The summed E-state index contributed by atoms with van der Waals surface area (Å²) in [6.45, 7) is 4.93. The molecule has 4 amide bonds. The third-order valence-electron chi connectivity index (χ3n) is 6.02. The van der Waals surface area contributed by atoms with Crippen molar-refractivity contribution in [1.82, 2.24) is 20.0 Å². The quantitative estimate of drug-likeness (QED) is 0.746. The van der Waals surface area contributed by atoms with Gasteiger partial charge in [0, 0.05) is 44.8 Å². The number of piperazine rings is 1. The summed E-state index contributed by atoms with van der Waals surface area (Å²) in [5, 5.41) is 2.82. The Kier molecular flexibility index (Phi) is 5.73. The zero-order chi connectivity index (χ0) is 22.0. The van der Waals surface area contributed by atoms with Gasteiger partial charge in [0.05, 0.1) is 0 Å². The normalized spacial score (nSPS) is 22.0. The highest BCUT2D eigenvalue weighted by atomic mass is 19.1. The van der Waals surface area contributed by atoms with Crippen molar-refractivity contribution in [1.29, 1.82) is 0 Å². The molecule has 31 heavy (non-hydrogen) atoms. The summed E-state index contributed by atoms with van der Waals surface area (Å²) in [4.78, 5) is 43.1. The number of rotatable bonds is 5. The number of amides is 4. The lowest BCUT2D eigenvalue weighted by Crippen LogP contribution is -2.50. The van der Waals surface area contributed by atoms with Crippen molar-refractivity contribution in [2.24, 2.45) is 0 Å². The molecule has 2 aromatic carbocycles. The third kappa shape index (κ3) is 4.16. The van der Waals surface area contributed by atoms with Gasteiger partial charge in [-0.15, -0.1) is 0 Å². The fourth-order valence-corrected chi connectivity index (χ4v) is 4.06. The summed E-state index contributed by atoms with van der Waals surface area (Å²) >= 11 is 0. The molecule has 7 nitrogen and oxygen atoms in total. The lowest BCUT2D eigenvalue weighted by atomic mass is 9.92. The molecule has 1 N–H and O–H groups in total. The average molecular weight is 424 g/mol. The first kappa shape index (κ1) is 21.0. The fourth-order valence-electron chi connectivity index (χ4n) is 4.06. The van der Waals surface area contributed by atoms with Crippen molar-refractivity contribution in [3.8, 4) is 0 Å². The second-order valence-corrected chi connectivity index (χ2v) is 8.02. The van der Waals surface area contributed by atoms with Gasteiger partial charge in [-0.1, -0.05) is 30.3 Å². The fraction of sp³-hybridized carbons (Fsp3) is 0.348. The molecule has 2 saturated heterocycles. The van der Waals surface area contributed by atoms with Crippen LogP contribution >= 0.6 is 0 Å². The number of hydrogen-bond donors (Lipinski definition) is 1. The average Bonchev–Trinajstić information content (AvgIpc) is 3.02. The van der Waals surface area contributed by atoms with Crippen LogP contribution in [0, 0.1) is 5.82 Å². The molecule has 8 heteroatoms. The Balaban J connectivity index is 1.31. The molecule has 0 radical (unpaired) electrons. The van der Waals surface area contributed by atoms with Gasteiger partial charge in [-0.05, 0) is 36.8 Å². The molecule has 4 rings (SSSR count). The van der Waals surface area contributed by atoms with Gasteiger partial charge in [-0.2, -0.15) is 0 Å². The van der Waals surface area contributed by atoms with Gasteiger partial charge in [-0.3, -0.25) is 19.4 Å². The van der Waals surface area contributed by atoms with Gasteiger partial charge >= 0.3 is 6.03 Å². The second-order valence-electron chi connectivity index (χ2n) is 8.02. The summed E-state index contributed by atoms with van der Waals surface area (Å²) in [7, 11) is 0. The van der Waals surface area contributed by atoms with E-state index in [4.69, 9.17) is 0 Å². The maximum absolute atomic E-state index is 13.1. The summed E-state index contributed by atoms with van der Waals surface area (Å²) in [6.07, 6.45) is 0. The van der Waals surface area contributed by atoms with Crippen LogP contribution in [0.5, 0.6) is 0 Å². The van der Waals surface area contributed by atoms with Crippen LogP contribution in [0.1, 0.15) is 22.8 Å². The van der Waals surface area contributed by atoms with E-state index < -0.39 is 5.54 Å². The molecule has 2 heterocycles. The van der Waals surface area contributed by atoms with Crippen LogP contribution in [-0.2, 0) is 10.3 Å². The Bertz CT molecular complexity index is 974. The number of nitrogens with zero attached hydrogens (tertiary/aromatic N) is 3. The van der Waals surface area contributed by atoms with E-state index in [9.17, 15) is 18.8 Å². The highest BCUT2D eigenvalue weighted by Gasteiger charge is 2.48. The van der Waals surface area contributed by atoms with Gasteiger partial charge in [0.15, 0.2) is 0 Å². The van der Waals surface area contributed by atoms with E-state index in [0.717, 1.165) is 5.56 Å². The summed E-state index contributed by atoms with van der Waals surface area (Å²) in [6, 6.07) is 14.4. The van der Waals surface area contributed by atoms with Crippen LogP contribution < -0.4 is 5.32 Å². The number of halogens is 1. The number of nitrogens with one attached hydrogen (secondary N) is 1. The Hall–Kier alpha value is -3.26. The molecule has 2 aliphatic heterocycles. The highest BCUT2D eigenvalue weighted by Crippen LogP contribution is 2.28. The SMILES string of the molecule is CC1(c2ccccc2)NC(=O)N(CCN2CCN(C(=O)c3ccc(F)cc3)CC2)C1=O. The minimum Gasteiger partial charge on any atom is -0.336 e. The molecule has 1 unspecified atom stereocenters. The van der Waals surface area contributed by atoms with Crippen LogP contribution in [0.2, 0.25) is 0 Å². The lowest BCUT2D eigenvalue weighted by Gasteiger charge is -2.35. The van der Waals surface area contributed by atoms with Crippen molar-refractivity contribution in [2.75, 3.05) is 39.3 Å². The summed E-state index contributed by atoms with van der Waals surface area (Å²) in [5.74, 6) is -0.744. The van der Waals surface area contributed by atoms with Crippen molar-refractivity contribution in [2.45, 2.75) is 12.5 Å². The smallest absolute Gasteiger partial charge is 0.325 e. The van der Waals surface area contributed by atoms with Gasteiger partial charge < -0.3 is 10.2 Å². The molecule has 1 atom stereocenters. The Morgan fingerprint density at radius 3 is 2.26 bits per heavy atom. The van der Waals surface area contributed by atoms with Gasteiger partial charge in [0.1, 0.15) is 11.4 Å². The molecule has 2 fully saturated rings. The van der Waals surface area contributed by atoms with Crippen molar-refractivity contribution in [3.05, 3.63) is 71.5 Å². The molecule has 2 aliphatic rings. The van der Waals surface area contributed by atoms with E-state index in [0.29, 0.717) is 44.8 Å². The van der Waals surface area contributed by atoms with E-state index in [1.54, 1.807) is 11.8 Å². The van der Waals surface area contributed by atoms with E-state index in [1.165, 1.54) is 29.2 Å². The largest absolute Gasteiger partial charge is 0.336 e. The number of carbonyl (C=O) groups excluding carboxylic acids is 3. The van der Waals surface area contributed by atoms with Crippen LogP contribution in [0.25, 0.3) is 0 Å². The molecule has 162 valence electrons. The Labute approximate surface area is 180 Å². The zero-order valence-corrected chi connectivity index (χ0v) is 17.4. The zero-order valence-electron chi connectivity index (χ0n) is 17.4. The minimum atomic E-state index is -1.06. The molecule has 0 bridgehead atoms. The lowest BCUT2D eigenvalue weighted by molar-refractivity contribution is -0.131. The van der Waals surface area contributed by atoms with Crippen LogP contribution in [0.3, 0.4) is 0 Å². The van der Waals surface area contributed by atoms with Gasteiger partial charge in [0.25, 0.3) is 11.8 Å². The molecular formula is C23H25FN4O3. The summed E-state index contributed by atoms with van der Waals surface area (Å²) in [5.41, 5.74) is 0.164. The number of imide groups is 1. The van der Waals surface area contributed by atoms with E-state index in [-0.39, 0.29) is 23.7 Å². The van der Waals surface area contributed by atoms with Gasteiger partial charge in [0.2, 0.25) is 0 Å². The maximum Gasteiger partial charge on any atom is 0.325 e. The highest BCUT2D eigenvalue weighted by molar-refractivity contribution is 6.07. The number of carbonyl (C=O) groups is 3. The molecule has 0 spiro atoms. The number of hydrogen-bond acceptors (Lipinski definition) is 4. The minimum absolute atomic E-state index is 0.118. The molecular weight excluding hydrogens is 399 g/mol. The topological polar surface area (TPSA) is 73.0 Å². The molecule has 0 aliphatic carbocycles. The Morgan fingerprint density at radius 2 is 1.61 bits per heavy atom. The first-order valence-electron chi connectivity index (χ1n) is 10.4. The summed E-state index contributed by atoms with van der Waals surface area (Å²) < 4.78 is 13.1. The van der Waals surface area contributed by atoms with Crippen molar-refractivity contribution in [3.63, 3.8) is 0 Å². The monoisotopic (exact) mass is 424 g/mol. The number of benzene rings is 2. The number of urea groups is 1. The second kappa shape index (κ2) is 8.47. The van der Waals surface area contributed by atoms with Crippen LogP contribution in [0.4, 0.5) is 9.18 Å². The van der Waals surface area contributed by atoms with E-state index in [2.05, 4.69) is 10.2 Å². The molecule has 0 aromatic heterocycles. The predicted octanol–water partition coefficient (Wildman–Crippen LogP) is 2.05. The van der Waals surface area contributed by atoms with Gasteiger partial charge in [-0.25, -0.2) is 9.18 Å². The third-order valence-corrected chi connectivity index (χ3v) is 6.02.